The Hall–Kier alpha value is -0.460. The van der Waals surface area contributed by atoms with Crippen LogP contribution in [0, 0.1) is 0 Å². The highest BCUT2D eigenvalue weighted by Gasteiger charge is 2.26. The van der Waals surface area contributed by atoms with Crippen LogP contribution in [-0.2, 0) is 15.6 Å². The van der Waals surface area contributed by atoms with Crippen LogP contribution in [0.25, 0.3) is 0 Å². The maximum absolute atomic E-state index is 11.1. The molecule has 0 spiro atoms. The topological polar surface area (TPSA) is 89.4 Å². The molecule has 15 heavy (non-hydrogen) atoms. The van der Waals surface area contributed by atoms with Crippen molar-refractivity contribution < 1.29 is 9.00 Å². The van der Waals surface area contributed by atoms with Crippen LogP contribution in [0.5, 0.6) is 0 Å². The van der Waals surface area contributed by atoms with E-state index in [-0.39, 0.29) is 0 Å². The smallest absolute Gasteiger partial charge is 0.237 e. The average molecular weight is 233 g/mol. The third-order valence-electron chi connectivity index (χ3n) is 2.78. The number of rotatable bonds is 4. The zero-order chi connectivity index (χ0) is 11.5. The van der Waals surface area contributed by atoms with Crippen molar-refractivity contribution >= 4 is 16.7 Å². The molecular weight excluding hydrogens is 214 g/mol. The molecule has 88 valence electrons. The van der Waals surface area contributed by atoms with Crippen LogP contribution in [0.1, 0.15) is 13.3 Å². The molecule has 0 saturated carbocycles. The second-order valence-electron chi connectivity index (χ2n) is 4.22. The van der Waals surface area contributed by atoms with E-state index in [2.05, 4.69) is 4.90 Å². The van der Waals surface area contributed by atoms with Gasteiger partial charge in [-0.1, -0.05) is 0 Å². The predicted molar refractivity (Wildman–Crippen MR) is 60.7 cm³/mol. The highest BCUT2D eigenvalue weighted by atomic mass is 32.2. The molecule has 1 fully saturated rings. The third kappa shape index (κ3) is 3.89. The molecule has 5 nitrogen and oxygen atoms in total. The van der Waals surface area contributed by atoms with E-state index in [9.17, 15) is 9.00 Å². The van der Waals surface area contributed by atoms with Crippen LogP contribution in [0.4, 0.5) is 0 Å². The molecule has 6 heteroatoms. The summed E-state index contributed by atoms with van der Waals surface area (Å²) in [4.78, 5) is 13.2. The molecule has 0 aromatic heterocycles. The lowest BCUT2D eigenvalue weighted by atomic mass is 9.98. The van der Waals surface area contributed by atoms with E-state index in [1.54, 1.807) is 6.92 Å². The van der Waals surface area contributed by atoms with Gasteiger partial charge >= 0.3 is 0 Å². The van der Waals surface area contributed by atoms with Gasteiger partial charge in [0.2, 0.25) is 5.91 Å². The maximum Gasteiger partial charge on any atom is 0.237 e. The molecule has 1 aliphatic rings. The van der Waals surface area contributed by atoms with Gasteiger partial charge in [0, 0.05) is 41.9 Å². The number of carbonyl (C=O) groups is 1. The molecule has 4 N–H and O–H groups in total. The fraction of sp³-hybridized carbons (Fsp3) is 0.889. The van der Waals surface area contributed by atoms with Gasteiger partial charge in [0.1, 0.15) is 0 Å². The monoisotopic (exact) mass is 233 g/mol. The molecule has 0 bridgehead atoms. The van der Waals surface area contributed by atoms with Crippen LogP contribution in [0.3, 0.4) is 0 Å². The molecule has 0 radical (unpaired) electrons. The highest BCUT2D eigenvalue weighted by Crippen LogP contribution is 2.08. The molecule has 1 unspecified atom stereocenters. The summed E-state index contributed by atoms with van der Waals surface area (Å²) in [5, 5.41) is 0. The Morgan fingerprint density at radius 1 is 1.47 bits per heavy atom. The molecular formula is C9H19N3O2S. The molecule has 1 aliphatic heterocycles. The number of primary amides is 1. The first kappa shape index (κ1) is 12.6. The van der Waals surface area contributed by atoms with E-state index >= 15 is 0 Å². The van der Waals surface area contributed by atoms with Crippen molar-refractivity contribution in [3.63, 3.8) is 0 Å². The summed E-state index contributed by atoms with van der Waals surface area (Å²) in [6.45, 7) is 4.04. The van der Waals surface area contributed by atoms with E-state index in [4.69, 9.17) is 11.5 Å². The van der Waals surface area contributed by atoms with Gasteiger partial charge in [-0.2, -0.15) is 0 Å². The first-order valence-electron chi connectivity index (χ1n) is 5.08. The number of nitrogens with zero attached hydrogens (tertiary/aromatic N) is 1. The van der Waals surface area contributed by atoms with Gasteiger partial charge in [-0.15, -0.1) is 0 Å². The minimum absolute atomic E-state index is 0.469. The molecule has 0 aliphatic carbocycles. The second-order valence-corrected chi connectivity index (χ2v) is 5.92. The molecule has 0 aromatic carbocycles. The Labute approximate surface area is 92.6 Å². The zero-order valence-corrected chi connectivity index (χ0v) is 9.89. The Bertz CT molecular complexity index is 258. The molecule has 1 heterocycles. The summed E-state index contributed by atoms with van der Waals surface area (Å²) in [5.74, 6) is 0.971. The summed E-state index contributed by atoms with van der Waals surface area (Å²) >= 11 is 0. The van der Waals surface area contributed by atoms with Gasteiger partial charge in [-0.25, -0.2) is 0 Å². The van der Waals surface area contributed by atoms with Crippen molar-refractivity contribution in [3.8, 4) is 0 Å². The fourth-order valence-corrected chi connectivity index (χ4v) is 2.54. The van der Waals surface area contributed by atoms with Gasteiger partial charge in [0.15, 0.2) is 0 Å². The van der Waals surface area contributed by atoms with Crippen molar-refractivity contribution in [2.75, 3.05) is 31.1 Å². The van der Waals surface area contributed by atoms with Crippen LogP contribution < -0.4 is 11.5 Å². The van der Waals surface area contributed by atoms with Gasteiger partial charge in [-0.3, -0.25) is 9.00 Å². The van der Waals surface area contributed by atoms with Crippen molar-refractivity contribution in [3.05, 3.63) is 0 Å². The molecule has 1 amide bonds. The van der Waals surface area contributed by atoms with Gasteiger partial charge in [0.05, 0.1) is 5.54 Å². The average Bonchev–Trinajstić information content (AvgIpc) is 2.17. The molecule has 1 atom stereocenters. The number of nitrogens with two attached hydrogens (primary N) is 2. The van der Waals surface area contributed by atoms with E-state index in [1.165, 1.54) is 0 Å². The lowest BCUT2D eigenvalue weighted by Gasteiger charge is -2.29. The third-order valence-corrected chi connectivity index (χ3v) is 4.06. The Morgan fingerprint density at radius 3 is 2.47 bits per heavy atom. The van der Waals surface area contributed by atoms with Crippen LogP contribution >= 0.6 is 0 Å². The van der Waals surface area contributed by atoms with Gasteiger partial charge in [0.25, 0.3) is 0 Å². The van der Waals surface area contributed by atoms with Crippen molar-refractivity contribution in [2.45, 2.75) is 18.9 Å². The Kier molecular flexibility index (Phi) is 4.24. The first-order chi connectivity index (χ1) is 6.92. The summed E-state index contributed by atoms with van der Waals surface area (Å²) in [5.41, 5.74) is 9.99. The van der Waals surface area contributed by atoms with Crippen LogP contribution in [0.15, 0.2) is 0 Å². The standard InChI is InChI=1S/C9H19N3O2S/c1-9(11,8(10)13)2-3-12-4-6-15(14)7-5-12/h2-7,11H2,1H3,(H2,10,13). The Balaban J connectivity index is 2.31. The van der Waals surface area contributed by atoms with Gasteiger partial charge in [-0.05, 0) is 13.3 Å². The minimum Gasteiger partial charge on any atom is -0.368 e. The zero-order valence-electron chi connectivity index (χ0n) is 9.07. The minimum atomic E-state index is -0.934. The molecule has 1 saturated heterocycles. The van der Waals surface area contributed by atoms with Gasteiger partial charge < -0.3 is 16.4 Å². The van der Waals surface area contributed by atoms with Crippen LogP contribution in [-0.4, -0.2) is 51.7 Å². The normalized spacial score (nSPS) is 23.6. The quantitative estimate of drug-likeness (QED) is 0.628. The summed E-state index contributed by atoms with van der Waals surface area (Å²) in [6.07, 6.45) is 0.551. The van der Waals surface area contributed by atoms with Crippen molar-refractivity contribution in [1.82, 2.24) is 4.90 Å². The van der Waals surface area contributed by atoms with Crippen LogP contribution in [0.2, 0.25) is 0 Å². The number of carbonyl (C=O) groups excluding carboxylic acids is 1. The fourth-order valence-electron chi connectivity index (χ4n) is 1.41. The Morgan fingerprint density at radius 2 is 2.00 bits per heavy atom. The number of amides is 1. The SMILES string of the molecule is CC(N)(CCN1CCS(=O)CC1)C(N)=O. The highest BCUT2D eigenvalue weighted by molar-refractivity contribution is 7.85. The first-order valence-corrected chi connectivity index (χ1v) is 6.57. The second kappa shape index (κ2) is 5.05. The summed E-state index contributed by atoms with van der Waals surface area (Å²) in [6, 6.07) is 0. The lowest BCUT2D eigenvalue weighted by molar-refractivity contribution is -0.122. The number of hydrogen-bond donors (Lipinski definition) is 2. The predicted octanol–water partition coefficient (Wildman–Crippen LogP) is -1.36. The molecule has 0 aromatic rings. The molecule has 1 rings (SSSR count). The number of hydrogen-bond acceptors (Lipinski definition) is 4. The van der Waals surface area contributed by atoms with Crippen molar-refractivity contribution in [1.29, 1.82) is 0 Å². The van der Waals surface area contributed by atoms with E-state index < -0.39 is 22.2 Å². The summed E-state index contributed by atoms with van der Waals surface area (Å²) < 4.78 is 11.1. The van der Waals surface area contributed by atoms with Crippen molar-refractivity contribution in [2.24, 2.45) is 11.5 Å². The van der Waals surface area contributed by atoms with E-state index in [0.29, 0.717) is 6.42 Å². The maximum atomic E-state index is 11.1. The van der Waals surface area contributed by atoms with E-state index in [0.717, 1.165) is 31.1 Å². The van der Waals surface area contributed by atoms with E-state index in [1.807, 2.05) is 0 Å². The summed E-state index contributed by atoms with van der Waals surface area (Å²) in [7, 11) is -0.659. The largest absolute Gasteiger partial charge is 0.368 e. The lowest BCUT2D eigenvalue weighted by Crippen LogP contribution is -2.52.